The molecule has 1 aromatic rings. The summed E-state index contributed by atoms with van der Waals surface area (Å²) < 4.78 is 16.7. The number of thiophene rings is 1. The molecule has 1 amide bonds. The fourth-order valence-electron chi connectivity index (χ4n) is 5.65. The monoisotopic (exact) mass is 545 g/mol. The Morgan fingerprint density at radius 2 is 1.76 bits per heavy atom. The molecular weight excluding hydrogens is 502 g/mol. The lowest BCUT2D eigenvalue weighted by Gasteiger charge is -2.40. The van der Waals surface area contributed by atoms with Gasteiger partial charge in [0.25, 0.3) is 0 Å². The van der Waals surface area contributed by atoms with Gasteiger partial charge in [-0.25, -0.2) is 4.79 Å². The molecule has 0 unspecified atom stereocenters. The summed E-state index contributed by atoms with van der Waals surface area (Å²) in [6, 6.07) is 1.88. The Bertz CT molecular complexity index is 1030. The predicted molar refractivity (Wildman–Crippen MR) is 148 cm³/mol. The molecule has 1 N–H and O–H groups in total. The smallest absolute Gasteiger partial charge is 0.350 e. The number of anilines is 1. The van der Waals surface area contributed by atoms with E-state index < -0.39 is 12.1 Å². The van der Waals surface area contributed by atoms with Crippen molar-refractivity contribution in [3.8, 4) is 11.8 Å². The maximum atomic E-state index is 14.2. The van der Waals surface area contributed by atoms with Crippen molar-refractivity contribution < 1.29 is 28.9 Å². The second-order valence-electron chi connectivity index (χ2n) is 12.2. The third-order valence-corrected chi connectivity index (χ3v) is 8.90. The highest BCUT2D eigenvalue weighted by atomic mass is 32.1. The Labute approximate surface area is 231 Å². The zero-order chi connectivity index (χ0) is 27.4. The van der Waals surface area contributed by atoms with Gasteiger partial charge in [-0.1, -0.05) is 18.8 Å². The molecule has 38 heavy (non-hydrogen) atoms. The zero-order valence-corrected chi connectivity index (χ0v) is 24.3. The Balaban J connectivity index is 1.61. The fraction of sp³-hybridized carbons (Fsp3) is 0.733. The maximum absolute atomic E-state index is 14.2. The van der Waals surface area contributed by atoms with Crippen molar-refractivity contribution in [2.24, 2.45) is 17.3 Å². The second-order valence-corrected chi connectivity index (χ2v) is 13.2. The molecule has 210 valence electrons. The molecule has 1 aliphatic heterocycles. The van der Waals surface area contributed by atoms with E-state index in [2.05, 4.69) is 18.8 Å². The number of aliphatic hydroxyl groups is 1. The van der Waals surface area contributed by atoms with Crippen LogP contribution in [0.2, 0.25) is 0 Å². The molecule has 0 bridgehead atoms. The first-order valence-corrected chi connectivity index (χ1v) is 14.9. The van der Waals surface area contributed by atoms with Crippen LogP contribution in [0.4, 0.5) is 5.69 Å². The van der Waals surface area contributed by atoms with Crippen LogP contribution in [0.3, 0.4) is 0 Å². The van der Waals surface area contributed by atoms with Crippen LogP contribution in [0, 0.1) is 29.1 Å². The fourth-order valence-corrected chi connectivity index (χ4v) is 6.57. The third kappa shape index (κ3) is 7.18. The topological polar surface area (TPSA) is 85.3 Å². The summed E-state index contributed by atoms with van der Waals surface area (Å²) >= 11 is 1.30. The number of nitrogens with zero attached hydrogens (tertiary/aromatic N) is 1. The molecule has 2 aliphatic carbocycles. The van der Waals surface area contributed by atoms with Crippen molar-refractivity contribution in [1.82, 2.24) is 0 Å². The summed E-state index contributed by atoms with van der Waals surface area (Å²) in [7, 11) is 1.38. The van der Waals surface area contributed by atoms with Gasteiger partial charge in [-0.05, 0) is 84.1 Å². The van der Waals surface area contributed by atoms with E-state index >= 15 is 0 Å². The standard InChI is InChI=1S/C30H43NO6S/c1-19-6-8-20(9-7-19)28(33)31(21-10-12-22(13-11-21)37-26-18-36-17-25(26)32)24-16-23(14-15-30(2,3)4)38-27(24)29(34)35-5/h16,19-22,25-26,32H,6-13,17-18H2,1-5H3/t19-,20-,21-,22-,25-,26+/m1/s1. The Kier molecular flexibility index (Phi) is 9.57. The van der Waals surface area contributed by atoms with E-state index in [0.29, 0.717) is 29.7 Å². The molecular formula is C30H43NO6S. The van der Waals surface area contributed by atoms with E-state index in [1.165, 1.54) is 18.4 Å². The number of rotatable bonds is 6. The van der Waals surface area contributed by atoms with Crippen LogP contribution in [-0.2, 0) is 19.0 Å². The van der Waals surface area contributed by atoms with Crippen molar-refractivity contribution in [3.63, 3.8) is 0 Å². The van der Waals surface area contributed by atoms with Gasteiger partial charge in [0.05, 0.1) is 37.0 Å². The number of aliphatic hydroxyl groups excluding tert-OH is 1. The maximum Gasteiger partial charge on any atom is 0.350 e. The molecule has 3 fully saturated rings. The largest absolute Gasteiger partial charge is 0.465 e. The first kappa shape index (κ1) is 29.1. The molecule has 0 aromatic carbocycles. The first-order chi connectivity index (χ1) is 18.1. The van der Waals surface area contributed by atoms with Crippen LogP contribution in [0.15, 0.2) is 6.07 Å². The van der Waals surface area contributed by atoms with E-state index in [9.17, 15) is 14.7 Å². The summed E-state index contributed by atoms with van der Waals surface area (Å²) in [4.78, 5) is 30.2. The Hall–Kier alpha value is -1.92. The van der Waals surface area contributed by atoms with E-state index in [-0.39, 0.29) is 35.5 Å². The molecule has 7 nitrogen and oxygen atoms in total. The molecule has 4 rings (SSSR count). The van der Waals surface area contributed by atoms with Crippen molar-refractivity contribution in [3.05, 3.63) is 15.8 Å². The summed E-state index contributed by atoms with van der Waals surface area (Å²) in [6.07, 6.45) is 6.11. The van der Waals surface area contributed by atoms with E-state index in [1.807, 2.05) is 31.7 Å². The molecule has 1 aromatic heterocycles. The molecule has 0 spiro atoms. The van der Waals surface area contributed by atoms with Gasteiger partial charge in [-0.2, -0.15) is 0 Å². The molecule has 0 radical (unpaired) electrons. The highest BCUT2D eigenvalue weighted by Crippen LogP contribution is 2.39. The van der Waals surface area contributed by atoms with Crippen LogP contribution < -0.4 is 4.90 Å². The molecule has 8 heteroatoms. The first-order valence-electron chi connectivity index (χ1n) is 14.1. The SMILES string of the molecule is COC(=O)c1sc(C#CC(C)(C)C)cc1N(C(=O)[C@H]1CC[C@H](C)CC1)[C@H]1CC[C@H](O[C@H]2COC[C@H]2O)CC1. The zero-order valence-electron chi connectivity index (χ0n) is 23.5. The van der Waals surface area contributed by atoms with Gasteiger partial charge in [0.15, 0.2) is 0 Å². The second kappa shape index (κ2) is 12.5. The molecule has 1 saturated heterocycles. The lowest BCUT2D eigenvalue weighted by atomic mass is 9.81. The van der Waals surface area contributed by atoms with Crippen LogP contribution in [-0.4, -0.2) is 61.7 Å². The normalized spacial score (nSPS) is 29.8. The van der Waals surface area contributed by atoms with Crippen LogP contribution >= 0.6 is 11.3 Å². The van der Waals surface area contributed by atoms with Crippen LogP contribution in [0.25, 0.3) is 0 Å². The number of methoxy groups -OCH3 is 1. The number of carbonyl (C=O) groups is 2. The summed E-state index contributed by atoms with van der Waals surface area (Å²) in [5.74, 6) is 6.75. The number of hydrogen-bond acceptors (Lipinski definition) is 7. The molecule has 2 atom stereocenters. The van der Waals surface area contributed by atoms with Crippen LogP contribution in [0.1, 0.15) is 93.6 Å². The lowest BCUT2D eigenvalue weighted by molar-refractivity contribution is -0.124. The summed E-state index contributed by atoms with van der Waals surface area (Å²) in [5.41, 5.74) is 0.452. The van der Waals surface area contributed by atoms with Gasteiger partial charge in [0.2, 0.25) is 5.91 Å². The third-order valence-electron chi connectivity index (χ3n) is 7.88. The average molecular weight is 546 g/mol. The number of carbonyl (C=O) groups excluding carboxylic acids is 2. The molecule has 2 heterocycles. The van der Waals surface area contributed by atoms with Crippen molar-refractivity contribution in [2.75, 3.05) is 25.2 Å². The van der Waals surface area contributed by atoms with E-state index in [0.717, 1.165) is 56.2 Å². The number of esters is 1. The highest BCUT2D eigenvalue weighted by molar-refractivity contribution is 7.15. The quantitative estimate of drug-likeness (QED) is 0.392. The van der Waals surface area contributed by atoms with Crippen LogP contribution in [0.5, 0.6) is 0 Å². The van der Waals surface area contributed by atoms with Crippen molar-refractivity contribution in [1.29, 1.82) is 0 Å². The van der Waals surface area contributed by atoms with Crippen molar-refractivity contribution >= 4 is 28.9 Å². The van der Waals surface area contributed by atoms with Gasteiger partial charge in [-0.15, -0.1) is 11.3 Å². The van der Waals surface area contributed by atoms with Gasteiger partial charge >= 0.3 is 5.97 Å². The average Bonchev–Trinajstić information content (AvgIpc) is 3.49. The van der Waals surface area contributed by atoms with Crippen molar-refractivity contribution in [2.45, 2.75) is 103 Å². The van der Waals surface area contributed by atoms with E-state index in [1.54, 1.807) is 0 Å². The predicted octanol–water partition coefficient (Wildman–Crippen LogP) is 5.18. The van der Waals surface area contributed by atoms with E-state index in [4.69, 9.17) is 14.2 Å². The number of ether oxygens (including phenoxy) is 3. The summed E-state index contributed by atoms with van der Waals surface area (Å²) in [6.45, 7) is 9.13. The van der Waals surface area contributed by atoms with Gasteiger partial charge in [0.1, 0.15) is 17.1 Å². The lowest BCUT2D eigenvalue weighted by Crippen LogP contribution is -2.47. The highest BCUT2D eigenvalue weighted by Gasteiger charge is 2.39. The minimum absolute atomic E-state index is 0.0239. The number of amides is 1. The Morgan fingerprint density at radius 1 is 1.08 bits per heavy atom. The molecule has 3 aliphatic rings. The van der Waals surface area contributed by atoms with Gasteiger partial charge < -0.3 is 24.2 Å². The van der Waals surface area contributed by atoms with Gasteiger partial charge in [0, 0.05) is 17.4 Å². The summed E-state index contributed by atoms with van der Waals surface area (Å²) in [5, 5.41) is 10.1. The number of hydrogen-bond donors (Lipinski definition) is 1. The molecule has 2 saturated carbocycles. The minimum atomic E-state index is -0.583. The minimum Gasteiger partial charge on any atom is -0.465 e. The van der Waals surface area contributed by atoms with Gasteiger partial charge in [-0.3, -0.25) is 4.79 Å². The Morgan fingerprint density at radius 3 is 2.34 bits per heavy atom.